The summed E-state index contributed by atoms with van der Waals surface area (Å²) in [6, 6.07) is 90.5. The number of benzene rings is 10. The van der Waals surface area contributed by atoms with Crippen LogP contribution in [0.1, 0.15) is 65.8 Å². The van der Waals surface area contributed by atoms with Crippen LogP contribution in [0.2, 0.25) is 0 Å². The summed E-state index contributed by atoms with van der Waals surface area (Å²) in [5.74, 6) is 0.563. The van der Waals surface area contributed by atoms with Gasteiger partial charge in [0.05, 0.1) is 22.5 Å². The van der Waals surface area contributed by atoms with Crippen molar-refractivity contribution in [1.82, 2.24) is 0 Å². The fraction of sp³-hybridized carbons (Fsp3) is 0.108. The first-order valence-corrected chi connectivity index (χ1v) is 23.8. The first-order valence-electron chi connectivity index (χ1n) is 23.8. The van der Waals surface area contributed by atoms with Gasteiger partial charge in [-0.2, -0.15) is 0 Å². The predicted molar refractivity (Wildman–Crippen MR) is 278 cm³/mol. The standard InChI is InChI=1S/C65H51N/c1-5-24-46(25-6-1)51-34-14-18-43-60(51)66(61-44-19-15-35-53(61)55-39-22-29-48-28-21-38-52(63(48)55)47-26-7-2-8-27-47)62-45-20-16-36-54(62)56-40-23-42-59-64(56)57-37-13-17-41-58(57)65(59,49-30-9-3-10-31-49)50-32-11-4-12-33-50/h1,3-6,9-25,28-45,47H,2,7-8,26-27H2. The van der Waals surface area contributed by atoms with Crippen molar-refractivity contribution in [2.75, 3.05) is 4.90 Å². The van der Waals surface area contributed by atoms with Crippen LogP contribution in [-0.2, 0) is 5.41 Å². The van der Waals surface area contributed by atoms with Crippen molar-refractivity contribution < 1.29 is 0 Å². The van der Waals surface area contributed by atoms with Crippen molar-refractivity contribution in [2.45, 2.75) is 43.4 Å². The molecule has 1 heteroatoms. The Balaban J connectivity index is 1.14. The first kappa shape index (κ1) is 39.8. The second-order valence-corrected chi connectivity index (χ2v) is 18.1. The minimum atomic E-state index is -0.504. The molecule has 0 unspecified atom stereocenters. The van der Waals surface area contributed by atoms with Gasteiger partial charge in [-0.15, -0.1) is 0 Å². The molecule has 1 nitrogen and oxygen atoms in total. The van der Waals surface area contributed by atoms with E-state index in [1.54, 1.807) is 0 Å². The van der Waals surface area contributed by atoms with E-state index in [-0.39, 0.29) is 0 Å². The number of para-hydroxylation sites is 3. The van der Waals surface area contributed by atoms with Gasteiger partial charge in [0, 0.05) is 16.7 Å². The van der Waals surface area contributed by atoms with Crippen LogP contribution in [0.15, 0.2) is 243 Å². The molecule has 2 aliphatic rings. The molecule has 10 aromatic carbocycles. The van der Waals surface area contributed by atoms with Gasteiger partial charge in [-0.25, -0.2) is 0 Å². The molecular weight excluding hydrogens is 795 g/mol. The van der Waals surface area contributed by atoms with E-state index in [4.69, 9.17) is 0 Å². The van der Waals surface area contributed by atoms with Crippen LogP contribution in [0.5, 0.6) is 0 Å². The minimum absolute atomic E-state index is 0.504. The number of fused-ring (bicyclic) bond motifs is 4. The lowest BCUT2D eigenvalue weighted by Gasteiger charge is -2.34. The Bertz CT molecular complexity index is 3300. The Kier molecular flexibility index (Phi) is 10.3. The number of hydrogen-bond donors (Lipinski definition) is 0. The summed E-state index contributed by atoms with van der Waals surface area (Å²) in [6.07, 6.45) is 6.43. The Morgan fingerprint density at radius 3 is 1.44 bits per heavy atom. The first-order chi connectivity index (χ1) is 32.8. The summed E-state index contributed by atoms with van der Waals surface area (Å²) < 4.78 is 0. The van der Waals surface area contributed by atoms with E-state index in [9.17, 15) is 0 Å². The maximum absolute atomic E-state index is 2.57. The second-order valence-electron chi connectivity index (χ2n) is 18.1. The molecule has 316 valence electrons. The topological polar surface area (TPSA) is 3.24 Å². The maximum Gasteiger partial charge on any atom is 0.0713 e. The Morgan fingerprint density at radius 2 is 0.788 bits per heavy atom. The van der Waals surface area contributed by atoms with Gasteiger partial charge in [0.2, 0.25) is 0 Å². The zero-order chi connectivity index (χ0) is 43.9. The molecule has 0 aromatic heterocycles. The van der Waals surface area contributed by atoms with E-state index in [1.807, 2.05) is 0 Å². The molecule has 0 spiro atoms. The number of hydrogen-bond acceptors (Lipinski definition) is 1. The fourth-order valence-corrected chi connectivity index (χ4v) is 11.8. The van der Waals surface area contributed by atoms with E-state index in [2.05, 4.69) is 248 Å². The van der Waals surface area contributed by atoms with Gasteiger partial charge in [-0.3, -0.25) is 0 Å². The van der Waals surface area contributed by atoms with Gasteiger partial charge in [0.1, 0.15) is 0 Å². The largest absolute Gasteiger partial charge is 0.309 e. The van der Waals surface area contributed by atoms with Crippen LogP contribution < -0.4 is 4.90 Å². The third-order valence-electron chi connectivity index (χ3n) is 14.6. The normalized spacial score (nSPS) is 14.1. The highest BCUT2D eigenvalue weighted by Gasteiger charge is 2.47. The zero-order valence-corrected chi connectivity index (χ0v) is 37.2. The lowest BCUT2D eigenvalue weighted by atomic mass is 9.67. The van der Waals surface area contributed by atoms with Gasteiger partial charge in [0.15, 0.2) is 0 Å². The van der Waals surface area contributed by atoms with Crippen molar-refractivity contribution in [2.24, 2.45) is 0 Å². The number of rotatable bonds is 9. The summed E-state index contributed by atoms with van der Waals surface area (Å²) in [7, 11) is 0. The molecule has 0 saturated heterocycles. The molecule has 0 aliphatic heterocycles. The zero-order valence-electron chi connectivity index (χ0n) is 37.2. The summed E-state index contributed by atoms with van der Waals surface area (Å²) in [4.78, 5) is 2.57. The van der Waals surface area contributed by atoms with Crippen LogP contribution in [0.4, 0.5) is 17.1 Å². The van der Waals surface area contributed by atoms with Gasteiger partial charge >= 0.3 is 0 Å². The van der Waals surface area contributed by atoms with Crippen molar-refractivity contribution >= 4 is 27.8 Å². The molecule has 66 heavy (non-hydrogen) atoms. The maximum atomic E-state index is 2.57. The third-order valence-corrected chi connectivity index (χ3v) is 14.6. The molecule has 1 saturated carbocycles. The van der Waals surface area contributed by atoms with Crippen LogP contribution in [-0.4, -0.2) is 0 Å². The smallest absolute Gasteiger partial charge is 0.0713 e. The van der Waals surface area contributed by atoms with Gasteiger partial charge in [-0.1, -0.05) is 244 Å². The van der Waals surface area contributed by atoms with E-state index in [0.717, 1.165) is 17.1 Å². The molecule has 10 aromatic rings. The van der Waals surface area contributed by atoms with Crippen molar-refractivity contribution in [1.29, 1.82) is 0 Å². The van der Waals surface area contributed by atoms with E-state index < -0.39 is 5.41 Å². The molecular formula is C65H51N. The SMILES string of the molecule is c1ccc(-c2ccccc2N(c2ccccc2-c2cccc3c2-c2ccccc2C3(c2ccccc2)c2ccccc2)c2ccccc2-c2cccc3cccc(C4CCCCC4)c23)cc1. The summed E-state index contributed by atoms with van der Waals surface area (Å²) in [6.45, 7) is 0. The highest BCUT2D eigenvalue weighted by molar-refractivity contribution is 6.06. The summed E-state index contributed by atoms with van der Waals surface area (Å²) in [5.41, 5.74) is 19.4. The van der Waals surface area contributed by atoms with Crippen LogP contribution >= 0.6 is 0 Å². The molecule has 2 aliphatic carbocycles. The summed E-state index contributed by atoms with van der Waals surface area (Å²) >= 11 is 0. The fourth-order valence-electron chi connectivity index (χ4n) is 11.8. The van der Waals surface area contributed by atoms with Gasteiger partial charge in [-0.05, 0) is 103 Å². The average molecular weight is 846 g/mol. The molecule has 1 fully saturated rings. The van der Waals surface area contributed by atoms with Crippen molar-refractivity contribution in [3.05, 3.63) is 270 Å². The average Bonchev–Trinajstić information content (AvgIpc) is 3.71. The van der Waals surface area contributed by atoms with Crippen LogP contribution in [0.3, 0.4) is 0 Å². The lowest BCUT2D eigenvalue weighted by molar-refractivity contribution is 0.445. The van der Waals surface area contributed by atoms with Crippen LogP contribution in [0.25, 0.3) is 55.3 Å². The highest BCUT2D eigenvalue weighted by Crippen LogP contribution is 2.59. The minimum Gasteiger partial charge on any atom is -0.309 e. The predicted octanol–water partition coefficient (Wildman–Crippen LogP) is 17.7. The third kappa shape index (κ3) is 6.53. The Morgan fingerprint density at radius 1 is 0.333 bits per heavy atom. The highest BCUT2D eigenvalue weighted by atomic mass is 15.1. The molecule has 0 amide bonds. The van der Waals surface area contributed by atoms with Crippen molar-refractivity contribution in [3.63, 3.8) is 0 Å². The number of nitrogens with zero attached hydrogens (tertiary/aromatic N) is 1. The summed E-state index contributed by atoms with van der Waals surface area (Å²) in [5, 5.41) is 2.69. The van der Waals surface area contributed by atoms with Crippen LogP contribution in [0, 0.1) is 0 Å². The Hall–Kier alpha value is -7.74. The lowest BCUT2D eigenvalue weighted by Crippen LogP contribution is -2.28. The number of anilines is 3. The van der Waals surface area contributed by atoms with Crippen molar-refractivity contribution in [3.8, 4) is 44.5 Å². The quantitative estimate of drug-likeness (QED) is 0.140. The van der Waals surface area contributed by atoms with Gasteiger partial charge in [0.25, 0.3) is 0 Å². The van der Waals surface area contributed by atoms with Gasteiger partial charge < -0.3 is 4.90 Å². The van der Waals surface area contributed by atoms with E-state index in [1.165, 1.54) is 115 Å². The van der Waals surface area contributed by atoms with E-state index in [0.29, 0.717) is 5.92 Å². The second kappa shape index (κ2) is 17.0. The monoisotopic (exact) mass is 845 g/mol. The van der Waals surface area contributed by atoms with E-state index >= 15 is 0 Å². The molecule has 0 bridgehead atoms. The molecule has 0 heterocycles. The molecule has 0 radical (unpaired) electrons. The molecule has 0 N–H and O–H groups in total. The molecule has 0 atom stereocenters. The molecule has 12 rings (SSSR count). The Labute approximate surface area is 389 Å².